The number of furan rings is 1. The van der Waals surface area contributed by atoms with Crippen LogP contribution in [0.2, 0.25) is 0 Å². The lowest BCUT2D eigenvalue weighted by Gasteiger charge is -2.29. The second kappa shape index (κ2) is 9.80. The van der Waals surface area contributed by atoms with Gasteiger partial charge in [0.25, 0.3) is 10.0 Å². The fourth-order valence-corrected chi connectivity index (χ4v) is 5.17. The van der Waals surface area contributed by atoms with E-state index in [0.717, 1.165) is 11.1 Å². The molecule has 0 fully saturated rings. The van der Waals surface area contributed by atoms with E-state index < -0.39 is 22.0 Å². The van der Waals surface area contributed by atoms with Crippen molar-refractivity contribution in [1.29, 1.82) is 0 Å². The van der Waals surface area contributed by atoms with Crippen molar-refractivity contribution < 1.29 is 32.2 Å². The number of sulfonamides is 1. The highest BCUT2D eigenvalue weighted by atomic mass is 32.2. The minimum absolute atomic E-state index is 0.0460. The lowest BCUT2D eigenvalue weighted by molar-refractivity contribution is 0.0696. The molecule has 0 atom stereocenters. The van der Waals surface area contributed by atoms with Gasteiger partial charge in [-0.2, -0.15) is 8.42 Å². The summed E-state index contributed by atoms with van der Waals surface area (Å²) in [7, 11) is -2.55. The van der Waals surface area contributed by atoms with Crippen LogP contribution in [0.4, 0.5) is 5.69 Å². The van der Waals surface area contributed by atoms with E-state index in [1.165, 1.54) is 29.6 Å². The minimum Gasteiger partial charge on any atom is -0.496 e. The third-order valence-electron chi connectivity index (χ3n) is 5.43. The van der Waals surface area contributed by atoms with Gasteiger partial charge in [-0.15, -0.1) is 0 Å². The molecule has 0 bridgehead atoms. The fourth-order valence-electron chi connectivity index (χ4n) is 3.55. The van der Waals surface area contributed by atoms with Gasteiger partial charge in [0.2, 0.25) is 5.09 Å². The van der Waals surface area contributed by atoms with E-state index in [1.54, 1.807) is 45.0 Å². The van der Waals surface area contributed by atoms with Gasteiger partial charge < -0.3 is 19.0 Å². The molecule has 8 nitrogen and oxygen atoms in total. The van der Waals surface area contributed by atoms with E-state index in [9.17, 15) is 18.3 Å². The quantitative estimate of drug-likeness (QED) is 0.448. The zero-order chi connectivity index (χ0) is 25.2. The van der Waals surface area contributed by atoms with E-state index in [-0.39, 0.29) is 17.3 Å². The molecule has 0 aliphatic rings. The van der Waals surface area contributed by atoms with Gasteiger partial charge in [-0.05, 0) is 82.1 Å². The molecule has 0 aliphatic heterocycles. The smallest absolute Gasteiger partial charge is 0.335 e. The summed E-state index contributed by atoms with van der Waals surface area (Å²) >= 11 is 0. The second-order valence-electron chi connectivity index (χ2n) is 8.28. The number of carboxylic acid groups (broad SMARTS) is 1. The molecule has 0 amide bonds. The van der Waals surface area contributed by atoms with Crippen molar-refractivity contribution in [1.82, 2.24) is 0 Å². The molecule has 0 saturated heterocycles. The van der Waals surface area contributed by atoms with Crippen molar-refractivity contribution in [2.45, 2.75) is 52.4 Å². The molecule has 0 unspecified atom stereocenters. The first kappa shape index (κ1) is 25.2. The summed E-state index contributed by atoms with van der Waals surface area (Å²) in [5.41, 5.74) is 2.94. The van der Waals surface area contributed by atoms with Crippen LogP contribution in [-0.4, -0.2) is 32.6 Å². The van der Waals surface area contributed by atoms with Gasteiger partial charge in [-0.25, -0.2) is 4.79 Å². The Morgan fingerprint density at radius 1 is 1.03 bits per heavy atom. The first-order chi connectivity index (χ1) is 15.9. The van der Waals surface area contributed by atoms with Crippen molar-refractivity contribution >= 4 is 21.7 Å². The molecule has 1 aromatic heterocycles. The molecule has 0 aliphatic carbocycles. The number of hydrogen-bond donors (Lipinski definition) is 1. The summed E-state index contributed by atoms with van der Waals surface area (Å²) in [5.74, 6) is 0.168. The number of anilines is 1. The summed E-state index contributed by atoms with van der Waals surface area (Å²) in [6.07, 6.45) is 0. The van der Waals surface area contributed by atoms with Crippen LogP contribution in [0.25, 0.3) is 0 Å². The highest BCUT2D eigenvalue weighted by molar-refractivity contribution is 7.92. The van der Waals surface area contributed by atoms with Crippen LogP contribution in [0, 0.1) is 20.8 Å². The Bertz CT molecular complexity index is 1310. The van der Waals surface area contributed by atoms with E-state index in [1.807, 2.05) is 13.8 Å². The lowest BCUT2D eigenvalue weighted by Crippen LogP contribution is -2.37. The van der Waals surface area contributed by atoms with Crippen molar-refractivity contribution in [3.63, 3.8) is 0 Å². The number of carbonyl (C=O) groups is 1. The molecule has 1 N–H and O–H groups in total. The molecule has 0 spiro atoms. The van der Waals surface area contributed by atoms with Crippen LogP contribution < -0.4 is 13.8 Å². The Hall–Kier alpha value is -3.46. The zero-order valence-corrected chi connectivity index (χ0v) is 20.9. The number of hydrogen-bond acceptors (Lipinski definition) is 6. The molecular weight excluding hydrogens is 458 g/mol. The molecule has 2 aromatic carbocycles. The molecule has 182 valence electrons. The predicted octanol–water partition coefficient (Wildman–Crippen LogP) is 5.09. The average Bonchev–Trinajstić information content (AvgIpc) is 3.21. The standard InChI is InChI=1S/C25H29NO7S/c1-15(2)26(34(29,30)24-10-7-18(5)33-24)21-11-16(3)17(4)12-23(21)32-14-20-9-8-19(25(27)28)13-22(20)31-6/h7-13,15H,14H2,1-6H3,(H,27,28). The monoisotopic (exact) mass is 487 g/mol. The highest BCUT2D eigenvalue weighted by Gasteiger charge is 2.32. The van der Waals surface area contributed by atoms with Crippen LogP contribution in [-0.2, 0) is 16.6 Å². The third kappa shape index (κ3) is 5.04. The maximum Gasteiger partial charge on any atom is 0.335 e. The van der Waals surface area contributed by atoms with E-state index in [2.05, 4.69) is 0 Å². The van der Waals surface area contributed by atoms with Crippen molar-refractivity contribution in [3.8, 4) is 11.5 Å². The van der Waals surface area contributed by atoms with Gasteiger partial charge >= 0.3 is 5.97 Å². The Labute approximate surface area is 199 Å². The Morgan fingerprint density at radius 3 is 2.26 bits per heavy atom. The number of aromatic carboxylic acids is 1. The van der Waals surface area contributed by atoms with Crippen LogP contribution in [0.3, 0.4) is 0 Å². The van der Waals surface area contributed by atoms with E-state index in [4.69, 9.17) is 13.9 Å². The van der Waals surface area contributed by atoms with Gasteiger partial charge in [0.1, 0.15) is 23.9 Å². The number of nitrogens with zero attached hydrogens (tertiary/aromatic N) is 1. The molecule has 0 saturated carbocycles. The normalized spacial score (nSPS) is 11.5. The van der Waals surface area contributed by atoms with Crippen LogP contribution in [0.5, 0.6) is 11.5 Å². The number of rotatable bonds is 9. The molecule has 3 aromatic rings. The summed E-state index contributed by atoms with van der Waals surface area (Å²) in [6.45, 7) is 9.10. The number of methoxy groups -OCH3 is 1. The molecular formula is C25H29NO7S. The molecule has 9 heteroatoms. The van der Waals surface area contributed by atoms with Crippen LogP contribution in [0.15, 0.2) is 52.0 Å². The largest absolute Gasteiger partial charge is 0.496 e. The molecule has 34 heavy (non-hydrogen) atoms. The van der Waals surface area contributed by atoms with Crippen LogP contribution >= 0.6 is 0 Å². The maximum absolute atomic E-state index is 13.5. The summed E-state index contributed by atoms with van der Waals surface area (Å²) in [4.78, 5) is 11.3. The first-order valence-electron chi connectivity index (χ1n) is 10.7. The summed E-state index contributed by atoms with van der Waals surface area (Å²) in [6, 6.07) is 10.7. The summed E-state index contributed by atoms with van der Waals surface area (Å²) < 4.78 is 45.2. The number of aryl methyl sites for hydroxylation is 3. The molecule has 0 radical (unpaired) electrons. The van der Waals surface area contributed by atoms with Crippen molar-refractivity contribution in [2.75, 3.05) is 11.4 Å². The maximum atomic E-state index is 13.5. The first-order valence-corrected chi connectivity index (χ1v) is 12.1. The Balaban J connectivity index is 2.05. The van der Waals surface area contributed by atoms with Crippen molar-refractivity contribution in [3.05, 3.63) is 70.5 Å². The average molecular weight is 488 g/mol. The molecule has 1 heterocycles. The predicted molar refractivity (Wildman–Crippen MR) is 128 cm³/mol. The molecule has 3 rings (SSSR count). The zero-order valence-electron chi connectivity index (χ0n) is 20.1. The number of benzene rings is 2. The topological polar surface area (TPSA) is 106 Å². The van der Waals surface area contributed by atoms with E-state index >= 15 is 0 Å². The SMILES string of the molecule is COc1cc(C(=O)O)ccc1COc1cc(C)c(C)cc1N(C(C)C)S(=O)(=O)c1ccc(C)o1. The van der Waals surface area contributed by atoms with Gasteiger partial charge in [-0.1, -0.05) is 6.07 Å². The Morgan fingerprint density at radius 2 is 1.71 bits per heavy atom. The highest BCUT2D eigenvalue weighted by Crippen LogP contribution is 2.37. The van der Waals surface area contributed by atoms with Gasteiger partial charge in [-0.3, -0.25) is 4.31 Å². The fraction of sp³-hybridized carbons (Fsp3) is 0.320. The second-order valence-corrected chi connectivity index (χ2v) is 10.0. The number of carboxylic acids is 1. The van der Waals surface area contributed by atoms with Gasteiger partial charge in [0.15, 0.2) is 0 Å². The third-order valence-corrected chi connectivity index (χ3v) is 7.29. The minimum atomic E-state index is -4.00. The van der Waals surface area contributed by atoms with Crippen LogP contribution in [0.1, 0.15) is 46.7 Å². The Kier molecular flexibility index (Phi) is 7.26. The summed E-state index contributed by atoms with van der Waals surface area (Å²) in [5, 5.41) is 9.08. The van der Waals surface area contributed by atoms with Gasteiger partial charge in [0, 0.05) is 11.6 Å². The lowest BCUT2D eigenvalue weighted by atomic mass is 10.1. The van der Waals surface area contributed by atoms with Crippen molar-refractivity contribution in [2.24, 2.45) is 0 Å². The number of ether oxygens (including phenoxy) is 2. The van der Waals surface area contributed by atoms with E-state index in [0.29, 0.717) is 28.5 Å². The van der Waals surface area contributed by atoms with Gasteiger partial charge in [0.05, 0.1) is 18.4 Å².